The van der Waals surface area contributed by atoms with Crippen molar-refractivity contribution in [1.82, 2.24) is 19.8 Å². The molecule has 4 rings (SSSR count). The van der Waals surface area contributed by atoms with Crippen LogP contribution in [0.15, 0.2) is 54.7 Å². The number of para-hydroxylation sites is 1. The highest BCUT2D eigenvalue weighted by Gasteiger charge is 2.41. The van der Waals surface area contributed by atoms with E-state index in [9.17, 15) is 9.59 Å². The van der Waals surface area contributed by atoms with Crippen LogP contribution in [0.5, 0.6) is 0 Å². The summed E-state index contributed by atoms with van der Waals surface area (Å²) in [5.41, 5.74) is 5.01. The Balaban J connectivity index is 1.83. The standard InChI is InChI=1S/C26H28N4O4S/c1-16-15-19(17(2)30(16)21-11-6-5-9-18(21)25(32)34-4)24-23(20-10-7-8-13-27-20)28-26(35)29(24)14-12-22(31)33-3/h5-11,13,15,23-24H,12,14H2,1-4H3,(H,28,35)/t23-,24-/m0/s1. The fourth-order valence-corrected chi connectivity index (χ4v) is 5.04. The molecule has 35 heavy (non-hydrogen) atoms. The van der Waals surface area contributed by atoms with Gasteiger partial charge in [0.25, 0.3) is 0 Å². The van der Waals surface area contributed by atoms with E-state index in [4.69, 9.17) is 21.7 Å². The molecule has 1 N–H and O–H groups in total. The molecule has 8 nitrogen and oxygen atoms in total. The van der Waals surface area contributed by atoms with E-state index in [0.717, 1.165) is 28.3 Å². The molecule has 0 amide bonds. The summed E-state index contributed by atoms with van der Waals surface area (Å²) in [6.45, 7) is 4.42. The third-order valence-corrected chi connectivity index (χ3v) is 6.67. The van der Waals surface area contributed by atoms with E-state index < -0.39 is 5.97 Å². The molecule has 0 spiro atoms. The monoisotopic (exact) mass is 492 g/mol. The number of nitrogens with zero attached hydrogens (tertiary/aromatic N) is 3. The summed E-state index contributed by atoms with van der Waals surface area (Å²) in [5.74, 6) is -0.699. The first-order valence-corrected chi connectivity index (χ1v) is 11.7. The number of thiocarbonyl (C=S) groups is 1. The second kappa shape index (κ2) is 10.3. The van der Waals surface area contributed by atoms with Gasteiger partial charge in [-0.3, -0.25) is 9.78 Å². The van der Waals surface area contributed by atoms with Crippen molar-refractivity contribution < 1.29 is 19.1 Å². The third-order valence-electron chi connectivity index (χ3n) is 6.32. The van der Waals surface area contributed by atoms with Gasteiger partial charge in [0.1, 0.15) is 0 Å². The molecular weight excluding hydrogens is 464 g/mol. The summed E-state index contributed by atoms with van der Waals surface area (Å²) in [4.78, 5) is 31.0. The van der Waals surface area contributed by atoms with Crippen LogP contribution < -0.4 is 5.32 Å². The SMILES string of the molecule is COC(=O)CCN1C(=S)N[C@@H](c2ccccn2)[C@@H]1c1cc(C)n(-c2ccccc2C(=O)OC)c1C. The number of carbonyl (C=O) groups excluding carboxylic acids is 2. The first-order valence-electron chi connectivity index (χ1n) is 11.3. The zero-order chi connectivity index (χ0) is 25.1. The molecule has 1 saturated heterocycles. The summed E-state index contributed by atoms with van der Waals surface area (Å²) in [6.07, 6.45) is 1.96. The van der Waals surface area contributed by atoms with Gasteiger partial charge in [0.15, 0.2) is 5.11 Å². The van der Waals surface area contributed by atoms with Gasteiger partial charge in [-0.25, -0.2) is 4.79 Å². The first kappa shape index (κ1) is 24.4. The van der Waals surface area contributed by atoms with Crippen molar-refractivity contribution in [1.29, 1.82) is 0 Å². The third kappa shape index (κ3) is 4.64. The molecule has 0 saturated carbocycles. The number of carbonyl (C=O) groups is 2. The molecule has 0 unspecified atom stereocenters. The second-order valence-electron chi connectivity index (χ2n) is 8.32. The minimum Gasteiger partial charge on any atom is -0.469 e. The molecule has 2 atom stereocenters. The zero-order valence-electron chi connectivity index (χ0n) is 20.1. The number of aryl methyl sites for hydroxylation is 1. The van der Waals surface area contributed by atoms with Gasteiger partial charge in [-0.15, -0.1) is 0 Å². The van der Waals surface area contributed by atoms with Crippen LogP contribution in [0.2, 0.25) is 0 Å². The number of aromatic nitrogens is 2. The first-order chi connectivity index (χ1) is 16.9. The molecule has 1 fully saturated rings. The molecule has 3 heterocycles. The summed E-state index contributed by atoms with van der Waals surface area (Å²) in [7, 11) is 2.76. The van der Waals surface area contributed by atoms with Crippen LogP contribution in [-0.4, -0.2) is 52.3 Å². The highest BCUT2D eigenvalue weighted by molar-refractivity contribution is 7.80. The maximum atomic E-state index is 12.5. The summed E-state index contributed by atoms with van der Waals surface area (Å²) in [6, 6.07) is 14.8. The number of hydrogen-bond acceptors (Lipinski definition) is 6. The highest BCUT2D eigenvalue weighted by atomic mass is 32.1. The zero-order valence-corrected chi connectivity index (χ0v) is 21.0. The van der Waals surface area contributed by atoms with Crippen molar-refractivity contribution in [2.24, 2.45) is 0 Å². The van der Waals surface area contributed by atoms with E-state index in [0.29, 0.717) is 17.2 Å². The summed E-state index contributed by atoms with van der Waals surface area (Å²) in [5, 5.41) is 3.95. The number of hydrogen-bond donors (Lipinski definition) is 1. The van der Waals surface area contributed by atoms with Crippen LogP contribution in [0.1, 0.15) is 51.5 Å². The number of rotatable bonds is 7. The van der Waals surface area contributed by atoms with Crippen LogP contribution in [0, 0.1) is 13.8 Å². The van der Waals surface area contributed by atoms with Gasteiger partial charge in [0.05, 0.1) is 49.7 Å². The minimum atomic E-state index is -0.399. The average Bonchev–Trinajstić information content (AvgIpc) is 3.36. The molecule has 0 radical (unpaired) electrons. The molecule has 3 aromatic rings. The topological polar surface area (TPSA) is 85.7 Å². The minimum absolute atomic E-state index is 0.202. The Kier molecular flexibility index (Phi) is 7.16. The van der Waals surface area contributed by atoms with Gasteiger partial charge >= 0.3 is 11.9 Å². The van der Waals surface area contributed by atoms with E-state index in [1.807, 2.05) is 55.1 Å². The second-order valence-corrected chi connectivity index (χ2v) is 8.70. The Labute approximate surface area is 209 Å². The van der Waals surface area contributed by atoms with E-state index in [-0.39, 0.29) is 24.5 Å². The van der Waals surface area contributed by atoms with Crippen molar-refractivity contribution in [2.45, 2.75) is 32.4 Å². The summed E-state index contributed by atoms with van der Waals surface area (Å²) >= 11 is 5.70. The lowest BCUT2D eigenvalue weighted by Crippen LogP contribution is -2.32. The Morgan fingerprint density at radius 3 is 2.51 bits per heavy atom. The summed E-state index contributed by atoms with van der Waals surface area (Å²) < 4.78 is 11.9. The smallest absolute Gasteiger partial charge is 0.339 e. The van der Waals surface area contributed by atoms with E-state index in [2.05, 4.69) is 20.9 Å². The number of pyridine rings is 1. The molecule has 1 aliphatic rings. The number of methoxy groups -OCH3 is 2. The van der Waals surface area contributed by atoms with Gasteiger partial charge in [0, 0.05) is 24.1 Å². The maximum Gasteiger partial charge on any atom is 0.339 e. The van der Waals surface area contributed by atoms with Crippen molar-refractivity contribution in [3.63, 3.8) is 0 Å². The largest absolute Gasteiger partial charge is 0.469 e. The quantitative estimate of drug-likeness (QED) is 0.394. The van der Waals surface area contributed by atoms with Crippen molar-refractivity contribution >= 4 is 29.3 Å². The predicted molar refractivity (Wildman–Crippen MR) is 135 cm³/mol. The number of nitrogens with one attached hydrogen (secondary N) is 1. The van der Waals surface area contributed by atoms with Gasteiger partial charge < -0.3 is 24.3 Å². The molecule has 0 bridgehead atoms. The normalized spacial score (nSPS) is 17.3. The highest BCUT2D eigenvalue weighted by Crippen LogP contribution is 2.41. The Morgan fingerprint density at radius 1 is 1.09 bits per heavy atom. The van der Waals surface area contributed by atoms with Gasteiger partial charge in [-0.2, -0.15) is 0 Å². The van der Waals surface area contributed by atoms with Crippen molar-refractivity contribution in [3.05, 3.63) is 82.9 Å². The van der Waals surface area contributed by atoms with E-state index in [1.165, 1.54) is 14.2 Å². The fourth-order valence-electron chi connectivity index (χ4n) is 4.71. The Bertz CT molecular complexity index is 1260. The lowest BCUT2D eigenvalue weighted by atomic mass is 9.96. The Morgan fingerprint density at radius 2 is 1.83 bits per heavy atom. The number of esters is 2. The lowest BCUT2D eigenvalue weighted by molar-refractivity contribution is -0.140. The molecule has 0 aliphatic carbocycles. The number of ether oxygens (including phenoxy) is 2. The molecule has 9 heteroatoms. The lowest BCUT2D eigenvalue weighted by Gasteiger charge is -2.28. The van der Waals surface area contributed by atoms with Crippen LogP contribution >= 0.6 is 12.2 Å². The maximum absolute atomic E-state index is 12.5. The predicted octanol–water partition coefficient (Wildman–Crippen LogP) is 3.81. The van der Waals surface area contributed by atoms with E-state index in [1.54, 1.807) is 12.3 Å². The van der Waals surface area contributed by atoms with Crippen LogP contribution in [0.25, 0.3) is 5.69 Å². The average molecular weight is 493 g/mol. The van der Waals surface area contributed by atoms with Crippen molar-refractivity contribution in [3.8, 4) is 5.69 Å². The van der Waals surface area contributed by atoms with Crippen LogP contribution in [-0.2, 0) is 14.3 Å². The molecule has 1 aromatic carbocycles. The molecular formula is C26H28N4O4S. The van der Waals surface area contributed by atoms with Gasteiger partial charge in [-0.1, -0.05) is 18.2 Å². The molecule has 1 aliphatic heterocycles. The van der Waals surface area contributed by atoms with Gasteiger partial charge in [-0.05, 0) is 62.0 Å². The number of benzene rings is 1. The molecule has 182 valence electrons. The van der Waals surface area contributed by atoms with Gasteiger partial charge in [0.2, 0.25) is 0 Å². The van der Waals surface area contributed by atoms with Crippen LogP contribution in [0.4, 0.5) is 0 Å². The van der Waals surface area contributed by atoms with E-state index >= 15 is 0 Å². The fraction of sp³-hybridized carbons (Fsp3) is 0.308. The van der Waals surface area contributed by atoms with Crippen molar-refractivity contribution in [2.75, 3.05) is 20.8 Å². The Hall–Kier alpha value is -3.72. The molecule has 2 aromatic heterocycles. The van der Waals surface area contributed by atoms with Crippen LogP contribution in [0.3, 0.4) is 0 Å².